The molecule has 0 saturated carbocycles. The van der Waals surface area contributed by atoms with E-state index in [-0.39, 0.29) is 17.7 Å². The highest BCUT2D eigenvalue weighted by molar-refractivity contribution is 8.00. The number of nitriles is 1. The Kier molecular flexibility index (Phi) is 6.73. The van der Waals surface area contributed by atoms with E-state index in [1.807, 2.05) is 45.2 Å². The number of thioether (sulfide) groups is 1. The Morgan fingerprint density at radius 1 is 1.17 bits per heavy atom. The quantitative estimate of drug-likeness (QED) is 0.552. The van der Waals surface area contributed by atoms with Crippen LogP contribution in [0.3, 0.4) is 0 Å². The number of amides is 1. The van der Waals surface area contributed by atoms with Gasteiger partial charge < -0.3 is 5.32 Å². The molecule has 6 heteroatoms. The Bertz CT molecular complexity index is 1050. The second-order valence-electron chi connectivity index (χ2n) is 6.95. The van der Waals surface area contributed by atoms with E-state index in [1.54, 1.807) is 11.3 Å². The molecule has 2 aromatic heterocycles. The smallest absolute Gasteiger partial charge is 0.231 e. The van der Waals surface area contributed by atoms with Crippen molar-refractivity contribution in [1.29, 1.82) is 5.26 Å². The van der Waals surface area contributed by atoms with E-state index in [0.717, 1.165) is 27.3 Å². The van der Waals surface area contributed by atoms with Crippen LogP contribution in [-0.4, -0.2) is 16.6 Å². The molecular formula is C23H23N3OS2. The van der Waals surface area contributed by atoms with Crippen molar-refractivity contribution in [3.63, 3.8) is 0 Å². The Hall–Kier alpha value is -2.62. The fourth-order valence-corrected chi connectivity index (χ4v) is 4.72. The molecular weight excluding hydrogens is 398 g/mol. The molecule has 1 amide bonds. The van der Waals surface area contributed by atoms with Gasteiger partial charge in [-0.3, -0.25) is 4.79 Å². The fourth-order valence-electron chi connectivity index (χ4n) is 3.02. The van der Waals surface area contributed by atoms with E-state index in [1.165, 1.54) is 17.3 Å². The molecule has 4 nitrogen and oxygen atoms in total. The highest BCUT2D eigenvalue weighted by atomic mass is 32.2. The van der Waals surface area contributed by atoms with Gasteiger partial charge in [-0.15, -0.1) is 11.3 Å². The van der Waals surface area contributed by atoms with Crippen molar-refractivity contribution in [1.82, 2.24) is 10.3 Å². The Morgan fingerprint density at radius 3 is 2.52 bits per heavy atom. The van der Waals surface area contributed by atoms with Gasteiger partial charge >= 0.3 is 0 Å². The number of carbonyl (C=O) groups is 1. The van der Waals surface area contributed by atoms with Gasteiger partial charge in [0, 0.05) is 10.6 Å². The number of pyridine rings is 1. The summed E-state index contributed by atoms with van der Waals surface area (Å²) in [5.41, 5.74) is 5.63. The summed E-state index contributed by atoms with van der Waals surface area (Å²) in [6, 6.07) is 14.3. The second-order valence-corrected chi connectivity index (χ2v) is 8.90. The van der Waals surface area contributed by atoms with Gasteiger partial charge in [0.25, 0.3) is 0 Å². The SMILES string of the molecule is Cc1ccc([C@H](NC(=O)CSc2nc(C)c(C)c(C)c2C#N)c2cccs2)cc1. The summed E-state index contributed by atoms with van der Waals surface area (Å²) in [6.07, 6.45) is 0. The minimum absolute atomic E-state index is 0.0875. The largest absolute Gasteiger partial charge is 0.344 e. The second kappa shape index (κ2) is 9.25. The van der Waals surface area contributed by atoms with Gasteiger partial charge in [-0.1, -0.05) is 47.7 Å². The van der Waals surface area contributed by atoms with Crippen LogP contribution in [0, 0.1) is 39.0 Å². The van der Waals surface area contributed by atoms with Gasteiger partial charge in [0.05, 0.1) is 17.4 Å². The van der Waals surface area contributed by atoms with E-state index >= 15 is 0 Å². The lowest BCUT2D eigenvalue weighted by Gasteiger charge is -2.18. The standard InChI is InChI=1S/C23H23N3OS2/c1-14-7-9-18(10-8-14)22(20-6-5-11-28-20)26-21(27)13-29-23-19(12-24)16(3)15(2)17(4)25-23/h5-11,22H,13H2,1-4H3,(H,26,27)/t22-/m0/s1. The number of nitrogens with zero attached hydrogens (tertiary/aromatic N) is 2. The first kappa shape index (κ1) is 21.1. The zero-order chi connectivity index (χ0) is 21.0. The van der Waals surface area contributed by atoms with Crippen LogP contribution in [-0.2, 0) is 4.79 Å². The molecule has 3 rings (SSSR count). The van der Waals surface area contributed by atoms with Crippen LogP contribution in [0.5, 0.6) is 0 Å². The number of carbonyl (C=O) groups excluding carboxylic acids is 1. The van der Waals surface area contributed by atoms with Crippen LogP contribution >= 0.6 is 23.1 Å². The summed E-state index contributed by atoms with van der Waals surface area (Å²) in [4.78, 5) is 18.4. The maximum atomic E-state index is 12.8. The Morgan fingerprint density at radius 2 is 1.90 bits per heavy atom. The number of thiophene rings is 1. The van der Waals surface area contributed by atoms with Crippen molar-refractivity contribution in [2.45, 2.75) is 38.8 Å². The first-order chi connectivity index (χ1) is 13.9. The van der Waals surface area contributed by atoms with Gasteiger partial charge in [0.15, 0.2) is 0 Å². The average Bonchev–Trinajstić information content (AvgIpc) is 3.24. The fraction of sp³-hybridized carbons (Fsp3) is 0.261. The predicted molar refractivity (Wildman–Crippen MR) is 119 cm³/mol. The topological polar surface area (TPSA) is 65.8 Å². The first-order valence-electron chi connectivity index (χ1n) is 9.30. The van der Waals surface area contributed by atoms with Crippen LogP contribution in [0.25, 0.3) is 0 Å². The van der Waals surface area contributed by atoms with Crippen molar-refractivity contribution in [3.05, 3.63) is 80.2 Å². The zero-order valence-electron chi connectivity index (χ0n) is 16.9. The number of nitrogens with one attached hydrogen (secondary N) is 1. The molecule has 29 heavy (non-hydrogen) atoms. The molecule has 0 aliphatic carbocycles. The van der Waals surface area contributed by atoms with Crippen LogP contribution in [0.15, 0.2) is 46.8 Å². The van der Waals surface area contributed by atoms with Crippen LogP contribution in [0.1, 0.15) is 44.4 Å². The van der Waals surface area contributed by atoms with Crippen molar-refractivity contribution < 1.29 is 4.79 Å². The molecule has 0 aliphatic rings. The van der Waals surface area contributed by atoms with E-state index in [9.17, 15) is 10.1 Å². The van der Waals surface area contributed by atoms with Gasteiger partial charge in [0.1, 0.15) is 11.1 Å². The normalized spacial score (nSPS) is 11.7. The molecule has 0 saturated heterocycles. The molecule has 0 fully saturated rings. The van der Waals surface area contributed by atoms with Gasteiger partial charge in [-0.05, 0) is 55.8 Å². The van der Waals surface area contributed by atoms with Crippen LogP contribution in [0.2, 0.25) is 0 Å². The summed E-state index contributed by atoms with van der Waals surface area (Å²) in [7, 11) is 0. The lowest BCUT2D eigenvalue weighted by molar-refractivity contribution is -0.119. The summed E-state index contributed by atoms with van der Waals surface area (Å²) in [6.45, 7) is 7.87. The molecule has 3 aromatic rings. The van der Waals surface area contributed by atoms with Crippen LogP contribution < -0.4 is 5.32 Å². The summed E-state index contributed by atoms with van der Waals surface area (Å²) < 4.78 is 0. The number of rotatable bonds is 6. The van der Waals surface area contributed by atoms with Crippen molar-refractivity contribution in [2.75, 3.05) is 5.75 Å². The minimum atomic E-state index is -0.186. The van der Waals surface area contributed by atoms with Crippen LogP contribution in [0.4, 0.5) is 0 Å². The molecule has 2 heterocycles. The highest BCUT2D eigenvalue weighted by Crippen LogP contribution is 2.28. The lowest BCUT2D eigenvalue weighted by Crippen LogP contribution is -2.30. The monoisotopic (exact) mass is 421 g/mol. The minimum Gasteiger partial charge on any atom is -0.344 e. The predicted octanol–water partition coefficient (Wildman–Crippen LogP) is 5.25. The number of hydrogen-bond acceptors (Lipinski definition) is 5. The third-order valence-electron chi connectivity index (χ3n) is 4.96. The first-order valence-corrected chi connectivity index (χ1v) is 11.2. The third-order valence-corrected chi connectivity index (χ3v) is 6.87. The molecule has 1 aromatic carbocycles. The number of hydrogen-bond donors (Lipinski definition) is 1. The molecule has 0 unspecified atom stereocenters. The highest BCUT2D eigenvalue weighted by Gasteiger charge is 2.19. The van der Waals surface area contributed by atoms with E-state index < -0.39 is 0 Å². The van der Waals surface area contributed by atoms with E-state index in [4.69, 9.17) is 0 Å². The Labute approximate surface area is 180 Å². The Balaban J connectivity index is 1.77. The number of benzene rings is 1. The maximum absolute atomic E-state index is 12.8. The molecule has 0 aliphatic heterocycles. The maximum Gasteiger partial charge on any atom is 0.231 e. The summed E-state index contributed by atoms with van der Waals surface area (Å²) in [5, 5.41) is 15.3. The van der Waals surface area contributed by atoms with E-state index in [2.05, 4.69) is 40.6 Å². The molecule has 1 atom stereocenters. The van der Waals surface area contributed by atoms with Gasteiger partial charge in [0.2, 0.25) is 5.91 Å². The number of aromatic nitrogens is 1. The molecule has 1 N–H and O–H groups in total. The lowest BCUT2D eigenvalue weighted by atomic mass is 10.0. The van der Waals surface area contributed by atoms with Crippen molar-refractivity contribution in [2.24, 2.45) is 0 Å². The van der Waals surface area contributed by atoms with Crippen molar-refractivity contribution in [3.8, 4) is 6.07 Å². The van der Waals surface area contributed by atoms with Gasteiger partial charge in [-0.25, -0.2) is 4.98 Å². The summed E-state index contributed by atoms with van der Waals surface area (Å²) in [5.74, 6) is 0.118. The molecule has 0 radical (unpaired) electrons. The molecule has 148 valence electrons. The molecule has 0 spiro atoms. The van der Waals surface area contributed by atoms with Crippen molar-refractivity contribution >= 4 is 29.0 Å². The average molecular weight is 422 g/mol. The van der Waals surface area contributed by atoms with Gasteiger partial charge in [-0.2, -0.15) is 5.26 Å². The van der Waals surface area contributed by atoms with E-state index in [0.29, 0.717) is 10.6 Å². The number of aryl methyl sites for hydroxylation is 2. The molecule has 0 bridgehead atoms. The zero-order valence-corrected chi connectivity index (χ0v) is 18.6. The summed E-state index contributed by atoms with van der Waals surface area (Å²) >= 11 is 2.93. The third kappa shape index (κ3) is 4.87.